The molecule has 6 heteroatoms. The number of halogens is 1. The molecule has 0 spiro atoms. The zero-order chi connectivity index (χ0) is 11.5. The van der Waals surface area contributed by atoms with Crippen LogP contribution < -0.4 is 0 Å². The zero-order valence-electron chi connectivity index (χ0n) is 8.58. The van der Waals surface area contributed by atoms with Crippen LogP contribution in [0.4, 0.5) is 0 Å². The Morgan fingerprint density at radius 2 is 1.13 bits per heavy atom. The minimum Gasteiger partial charge on any atom is -0.506 e. The zero-order valence-corrected chi connectivity index (χ0v) is 12.3. The Morgan fingerprint density at radius 3 is 1.53 bits per heavy atom. The molecule has 1 aromatic carbocycles. The number of phenolic OH excluding ortho intramolecular Hbond substituents is 3. The van der Waals surface area contributed by atoms with E-state index in [0.29, 0.717) is 0 Å². The molecular formula is C9H13ClO4W. The van der Waals surface area contributed by atoms with Gasteiger partial charge in [-0.1, -0.05) is 11.6 Å². The van der Waals surface area contributed by atoms with Crippen molar-refractivity contribution in [2.45, 2.75) is 13.8 Å². The van der Waals surface area contributed by atoms with Crippen LogP contribution >= 0.6 is 11.6 Å². The van der Waals surface area contributed by atoms with Gasteiger partial charge in [0.05, 0.1) is 5.02 Å². The van der Waals surface area contributed by atoms with Crippen molar-refractivity contribution in [2.24, 2.45) is 0 Å². The fourth-order valence-corrected chi connectivity index (χ4v) is 1.14. The van der Waals surface area contributed by atoms with Gasteiger partial charge in [-0.3, -0.25) is 0 Å². The van der Waals surface area contributed by atoms with E-state index < -0.39 is 0 Å². The van der Waals surface area contributed by atoms with Gasteiger partial charge in [0.2, 0.25) is 0 Å². The first-order chi connectivity index (χ1) is 6.46. The number of aromatic hydroxyl groups is 3. The van der Waals surface area contributed by atoms with Gasteiger partial charge in [-0.05, 0) is 13.8 Å². The van der Waals surface area contributed by atoms with Crippen molar-refractivity contribution in [1.82, 2.24) is 0 Å². The van der Waals surface area contributed by atoms with Crippen molar-refractivity contribution in [3.8, 4) is 17.2 Å². The fraction of sp³-hybridized carbons (Fsp3) is 0.333. The van der Waals surface area contributed by atoms with Crippen molar-refractivity contribution in [3.63, 3.8) is 0 Å². The third-order valence-electron chi connectivity index (χ3n) is 1.83. The number of hydrogen-bond donors (Lipinski definition) is 4. The predicted molar refractivity (Wildman–Crippen MR) is 54.1 cm³/mol. The number of phenols is 3. The van der Waals surface area contributed by atoms with Crippen LogP contribution in [-0.4, -0.2) is 27.5 Å². The first-order valence-electron chi connectivity index (χ1n) is 3.81. The van der Waals surface area contributed by atoms with Gasteiger partial charge in [0.1, 0.15) is 5.75 Å². The van der Waals surface area contributed by atoms with E-state index in [1.807, 2.05) is 0 Å². The Balaban J connectivity index is 0. The van der Waals surface area contributed by atoms with Crippen LogP contribution in [0.5, 0.6) is 17.2 Å². The molecule has 0 aliphatic heterocycles. The summed E-state index contributed by atoms with van der Waals surface area (Å²) in [5, 5.41) is 34.8. The maximum Gasteiger partial charge on any atom is 0.164 e. The largest absolute Gasteiger partial charge is 0.506 e. The van der Waals surface area contributed by atoms with E-state index >= 15 is 0 Å². The van der Waals surface area contributed by atoms with Crippen LogP contribution in [0, 0.1) is 13.8 Å². The Morgan fingerprint density at radius 1 is 0.800 bits per heavy atom. The Hall–Kier alpha value is -0.442. The van der Waals surface area contributed by atoms with Crippen molar-refractivity contribution >= 4 is 11.6 Å². The van der Waals surface area contributed by atoms with Crippen LogP contribution in [0.1, 0.15) is 11.1 Å². The Bertz CT molecular complexity index is 236. The van der Waals surface area contributed by atoms with E-state index in [2.05, 4.69) is 0 Å². The van der Waals surface area contributed by atoms with Crippen molar-refractivity contribution in [1.29, 1.82) is 0 Å². The average Bonchev–Trinajstić information content (AvgIpc) is 2.24. The second-order valence-electron chi connectivity index (χ2n) is 2.61. The van der Waals surface area contributed by atoms with Crippen molar-refractivity contribution < 1.29 is 41.5 Å². The standard InChI is InChI=1S/C8H9ClO3.CH4O.W/c1-3-5(9)6(10)4(2)8(12)7(3)11;1-2;/h10-12H,1-2H3;2H,1H3;. The van der Waals surface area contributed by atoms with Gasteiger partial charge in [-0.25, -0.2) is 0 Å². The van der Waals surface area contributed by atoms with Crippen molar-refractivity contribution in [3.05, 3.63) is 16.1 Å². The number of aliphatic hydroxyl groups excluding tert-OH is 1. The molecule has 0 unspecified atom stereocenters. The molecule has 0 amide bonds. The minimum absolute atomic E-state index is 0. The molecule has 0 aliphatic rings. The van der Waals surface area contributed by atoms with E-state index in [1.165, 1.54) is 13.8 Å². The molecule has 0 saturated carbocycles. The summed E-state index contributed by atoms with van der Waals surface area (Å²) in [5.41, 5.74) is 0.459. The first kappa shape index (κ1) is 17.0. The topological polar surface area (TPSA) is 80.9 Å². The van der Waals surface area contributed by atoms with E-state index in [-0.39, 0.29) is 54.5 Å². The average molecular weight is 404 g/mol. The molecule has 0 radical (unpaired) electrons. The first-order valence-corrected chi connectivity index (χ1v) is 4.18. The quantitative estimate of drug-likeness (QED) is 0.392. The second-order valence-corrected chi connectivity index (χ2v) is 2.99. The SMILES string of the molecule is CO.Cc1c(O)c(O)c(C)c(Cl)c1O.[W]. The summed E-state index contributed by atoms with van der Waals surface area (Å²) < 4.78 is 0. The molecule has 0 fully saturated rings. The van der Waals surface area contributed by atoms with Crippen LogP contribution in [0.2, 0.25) is 5.02 Å². The van der Waals surface area contributed by atoms with Crippen LogP contribution in [-0.2, 0) is 21.1 Å². The smallest absolute Gasteiger partial charge is 0.164 e. The normalized spacial score (nSPS) is 8.60. The molecule has 0 heterocycles. The summed E-state index contributed by atoms with van der Waals surface area (Å²) in [4.78, 5) is 0. The predicted octanol–water partition coefficient (Wildman–Crippen LogP) is 1.68. The molecular weight excluding hydrogens is 391 g/mol. The van der Waals surface area contributed by atoms with Crippen molar-refractivity contribution in [2.75, 3.05) is 7.11 Å². The van der Waals surface area contributed by atoms with E-state index in [4.69, 9.17) is 16.7 Å². The van der Waals surface area contributed by atoms with Gasteiger partial charge in [0, 0.05) is 39.3 Å². The molecule has 0 atom stereocenters. The number of hydrogen-bond acceptors (Lipinski definition) is 4. The van der Waals surface area contributed by atoms with Gasteiger partial charge < -0.3 is 20.4 Å². The van der Waals surface area contributed by atoms with Gasteiger partial charge in [-0.2, -0.15) is 0 Å². The summed E-state index contributed by atoms with van der Waals surface area (Å²) in [6, 6.07) is 0. The maximum absolute atomic E-state index is 9.29. The molecule has 86 valence electrons. The third kappa shape index (κ3) is 3.26. The van der Waals surface area contributed by atoms with Crippen LogP contribution in [0.25, 0.3) is 0 Å². The van der Waals surface area contributed by atoms with E-state index in [1.54, 1.807) is 0 Å². The van der Waals surface area contributed by atoms with E-state index in [0.717, 1.165) is 7.11 Å². The number of aliphatic hydroxyl groups is 1. The Labute approximate surface area is 107 Å². The summed E-state index contributed by atoms with van der Waals surface area (Å²) in [7, 11) is 1.00. The molecule has 15 heavy (non-hydrogen) atoms. The molecule has 0 saturated heterocycles. The van der Waals surface area contributed by atoms with Gasteiger partial charge in [0.15, 0.2) is 11.5 Å². The van der Waals surface area contributed by atoms with E-state index in [9.17, 15) is 15.3 Å². The van der Waals surface area contributed by atoms with Gasteiger partial charge in [-0.15, -0.1) is 0 Å². The third-order valence-corrected chi connectivity index (χ3v) is 2.29. The van der Waals surface area contributed by atoms with Crippen LogP contribution in [0.3, 0.4) is 0 Å². The summed E-state index contributed by atoms with van der Waals surface area (Å²) in [6.07, 6.45) is 0. The van der Waals surface area contributed by atoms with Gasteiger partial charge in [0.25, 0.3) is 0 Å². The van der Waals surface area contributed by atoms with Crippen LogP contribution in [0.15, 0.2) is 0 Å². The second kappa shape index (κ2) is 6.94. The number of rotatable bonds is 0. The molecule has 1 aromatic rings. The Kier molecular flexibility index (Phi) is 7.85. The number of benzene rings is 1. The summed E-state index contributed by atoms with van der Waals surface area (Å²) in [5.74, 6) is -0.797. The summed E-state index contributed by atoms with van der Waals surface area (Å²) in [6.45, 7) is 2.98. The molecule has 4 nitrogen and oxygen atoms in total. The fourth-order valence-electron chi connectivity index (χ4n) is 0.914. The summed E-state index contributed by atoms with van der Waals surface area (Å²) >= 11 is 5.64. The molecule has 0 bridgehead atoms. The maximum atomic E-state index is 9.29. The molecule has 4 N–H and O–H groups in total. The minimum atomic E-state index is -0.325. The molecule has 0 aromatic heterocycles. The molecule has 0 aliphatic carbocycles. The molecule has 1 rings (SSSR count). The monoisotopic (exact) mass is 404 g/mol. The van der Waals surface area contributed by atoms with Gasteiger partial charge >= 0.3 is 0 Å².